The monoisotopic (exact) mass is 285 g/mol. The van der Waals surface area contributed by atoms with E-state index >= 15 is 0 Å². The van der Waals surface area contributed by atoms with Crippen molar-refractivity contribution in [2.45, 2.75) is 19.4 Å². The lowest BCUT2D eigenvalue weighted by Crippen LogP contribution is -2.03. The Labute approximate surface area is 110 Å². The van der Waals surface area contributed by atoms with E-state index in [1.54, 1.807) is 5.38 Å². The van der Waals surface area contributed by atoms with Crippen LogP contribution in [0.25, 0.3) is 0 Å². The maximum Gasteiger partial charge on any atom is 0.304 e. The quantitative estimate of drug-likeness (QED) is 0.748. The Morgan fingerprint density at radius 1 is 1.44 bits per heavy atom. The van der Waals surface area contributed by atoms with E-state index in [0.29, 0.717) is 13.0 Å². The van der Waals surface area contributed by atoms with Crippen LogP contribution in [-0.2, 0) is 17.8 Å². The Morgan fingerprint density at radius 3 is 2.94 bits per heavy atom. The van der Waals surface area contributed by atoms with Gasteiger partial charge in [0.1, 0.15) is 0 Å². The summed E-state index contributed by atoms with van der Waals surface area (Å²) in [5.74, 6) is -0.826. The molecule has 3 N–H and O–H groups in total. The van der Waals surface area contributed by atoms with Gasteiger partial charge in [-0.2, -0.15) is 0 Å². The molecule has 0 saturated carbocycles. The maximum absolute atomic E-state index is 10.9. The number of H-pyrrole nitrogens is 1. The highest BCUT2D eigenvalue weighted by Gasteiger charge is 2.05. The molecule has 0 aromatic carbocycles. The normalized spacial score (nSPS) is 10.4. The van der Waals surface area contributed by atoms with Crippen LogP contribution in [0.5, 0.6) is 0 Å². The van der Waals surface area contributed by atoms with Crippen LogP contribution in [0, 0.1) is 0 Å². The van der Waals surface area contributed by atoms with E-state index in [2.05, 4.69) is 15.3 Å². The van der Waals surface area contributed by atoms with Gasteiger partial charge in [-0.05, 0) is 0 Å². The van der Waals surface area contributed by atoms with Gasteiger partial charge < -0.3 is 15.4 Å². The number of aliphatic carboxylic acids is 1. The number of carboxylic acid groups (broad SMARTS) is 1. The second kappa shape index (κ2) is 5.78. The van der Waals surface area contributed by atoms with Crippen molar-refractivity contribution in [3.05, 3.63) is 31.8 Å². The molecule has 96 valence electrons. The van der Waals surface area contributed by atoms with Crippen LogP contribution in [0.4, 0.5) is 5.13 Å². The van der Waals surface area contributed by atoms with Gasteiger partial charge in [0.05, 0.1) is 18.7 Å². The number of carboxylic acids is 1. The molecule has 0 fully saturated rings. The molecule has 0 bridgehead atoms. The van der Waals surface area contributed by atoms with Crippen molar-refractivity contribution in [1.29, 1.82) is 0 Å². The van der Waals surface area contributed by atoms with Crippen molar-refractivity contribution in [2.24, 2.45) is 0 Å². The van der Waals surface area contributed by atoms with Gasteiger partial charge >= 0.3 is 10.8 Å². The van der Waals surface area contributed by atoms with E-state index in [1.807, 2.05) is 5.38 Å². The zero-order valence-corrected chi connectivity index (χ0v) is 10.9. The number of aromatic amines is 1. The SMILES string of the molecule is O=C(O)CCc1csc(NCc2csc(=O)[nH]2)n1. The van der Waals surface area contributed by atoms with Crippen LogP contribution in [0.2, 0.25) is 0 Å². The second-order valence-corrected chi connectivity index (χ2v) is 5.26. The first-order valence-electron chi connectivity index (χ1n) is 5.20. The zero-order chi connectivity index (χ0) is 13.0. The fourth-order valence-corrected chi connectivity index (χ4v) is 2.63. The summed E-state index contributed by atoms with van der Waals surface area (Å²) in [7, 11) is 0. The summed E-state index contributed by atoms with van der Waals surface area (Å²) in [5, 5.41) is 16.0. The molecule has 8 heteroatoms. The lowest BCUT2D eigenvalue weighted by atomic mass is 10.2. The van der Waals surface area contributed by atoms with Crippen LogP contribution in [0.15, 0.2) is 15.6 Å². The number of thiazole rings is 2. The predicted octanol–water partition coefficient (Wildman–Crippen LogP) is 1.52. The third-order valence-electron chi connectivity index (χ3n) is 2.15. The van der Waals surface area contributed by atoms with Crippen molar-refractivity contribution in [3.8, 4) is 0 Å². The van der Waals surface area contributed by atoms with Crippen LogP contribution in [-0.4, -0.2) is 21.0 Å². The Morgan fingerprint density at radius 2 is 2.28 bits per heavy atom. The molecule has 2 heterocycles. The van der Waals surface area contributed by atoms with E-state index in [4.69, 9.17) is 5.11 Å². The fourth-order valence-electron chi connectivity index (χ4n) is 1.31. The van der Waals surface area contributed by atoms with Crippen LogP contribution >= 0.6 is 22.7 Å². The zero-order valence-electron chi connectivity index (χ0n) is 9.30. The highest BCUT2D eigenvalue weighted by molar-refractivity contribution is 7.13. The van der Waals surface area contributed by atoms with E-state index in [0.717, 1.165) is 27.9 Å². The maximum atomic E-state index is 10.9. The fraction of sp³-hybridized carbons (Fsp3) is 0.300. The molecule has 0 atom stereocenters. The van der Waals surface area contributed by atoms with Crippen molar-refractivity contribution < 1.29 is 9.90 Å². The Kier molecular flexibility index (Phi) is 4.11. The molecule has 2 aromatic rings. The first-order chi connectivity index (χ1) is 8.63. The second-order valence-electron chi connectivity index (χ2n) is 3.56. The molecule has 0 aliphatic carbocycles. The van der Waals surface area contributed by atoms with Crippen LogP contribution < -0.4 is 10.2 Å². The third-order valence-corrected chi connectivity index (χ3v) is 3.71. The number of hydrogen-bond acceptors (Lipinski definition) is 6. The third kappa shape index (κ3) is 3.67. The average Bonchev–Trinajstić information content (AvgIpc) is 2.93. The van der Waals surface area contributed by atoms with Gasteiger partial charge in [0.2, 0.25) is 0 Å². The van der Waals surface area contributed by atoms with E-state index < -0.39 is 5.97 Å². The predicted molar refractivity (Wildman–Crippen MR) is 70.3 cm³/mol. The molecular formula is C10H11N3O3S2. The van der Waals surface area contributed by atoms with Gasteiger partial charge in [0, 0.05) is 22.9 Å². The standard InChI is InChI=1S/C10H11N3O3S2/c14-8(15)2-1-6-4-17-9(12-6)11-3-7-5-18-10(16)13-7/h4-5H,1-3H2,(H,11,12)(H,13,16)(H,14,15). The minimum Gasteiger partial charge on any atom is -0.481 e. The molecule has 0 amide bonds. The first kappa shape index (κ1) is 12.8. The van der Waals surface area contributed by atoms with Crippen molar-refractivity contribution in [3.63, 3.8) is 0 Å². The molecule has 0 saturated heterocycles. The lowest BCUT2D eigenvalue weighted by Gasteiger charge is -1.98. The van der Waals surface area contributed by atoms with E-state index in [1.165, 1.54) is 11.3 Å². The molecular weight excluding hydrogens is 274 g/mol. The molecule has 2 rings (SSSR count). The van der Waals surface area contributed by atoms with Crippen molar-refractivity contribution in [2.75, 3.05) is 5.32 Å². The minimum atomic E-state index is -0.826. The molecule has 18 heavy (non-hydrogen) atoms. The molecule has 0 radical (unpaired) electrons. The van der Waals surface area contributed by atoms with E-state index in [9.17, 15) is 9.59 Å². The van der Waals surface area contributed by atoms with Gasteiger partial charge in [-0.15, -0.1) is 11.3 Å². The van der Waals surface area contributed by atoms with Crippen molar-refractivity contribution >= 4 is 33.8 Å². The topological polar surface area (TPSA) is 95.1 Å². The summed E-state index contributed by atoms with van der Waals surface area (Å²) in [4.78, 5) is 28.2. The Hall–Kier alpha value is -1.67. The van der Waals surface area contributed by atoms with Crippen molar-refractivity contribution in [1.82, 2.24) is 9.97 Å². The first-order valence-corrected chi connectivity index (χ1v) is 6.96. The smallest absolute Gasteiger partial charge is 0.304 e. The van der Waals surface area contributed by atoms with Crippen LogP contribution in [0.1, 0.15) is 17.8 Å². The molecule has 6 nitrogen and oxygen atoms in total. The van der Waals surface area contributed by atoms with Gasteiger partial charge in [0.15, 0.2) is 5.13 Å². The number of rotatable bonds is 6. The van der Waals surface area contributed by atoms with E-state index in [-0.39, 0.29) is 11.3 Å². The Balaban J connectivity index is 1.86. The van der Waals surface area contributed by atoms with Gasteiger partial charge in [-0.25, -0.2) is 4.98 Å². The summed E-state index contributed by atoms with van der Waals surface area (Å²) in [5.41, 5.74) is 1.58. The lowest BCUT2D eigenvalue weighted by molar-refractivity contribution is -0.136. The summed E-state index contributed by atoms with van der Waals surface area (Å²) in [6.45, 7) is 0.505. The average molecular weight is 285 g/mol. The summed E-state index contributed by atoms with van der Waals surface area (Å²) in [6.07, 6.45) is 0.518. The summed E-state index contributed by atoms with van der Waals surface area (Å²) >= 11 is 2.55. The number of hydrogen-bond donors (Lipinski definition) is 3. The largest absolute Gasteiger partial charge is 0.481 e. The summed E-state index contributed by atoms with van der Waals surface area (Å²) in [6, 6.07) is 0. The number of aromatic nitrogens is 2. The number of aryl methyl sites for hydroxylation is 1. The summed E-state index contributed by atoms with van der Waals surface area (Å²) < 4.78 is 0. The molecule has 2 aromatic heterocycles. The Bertz CT molecular complexity index is 587. The molecule has 0 spiro atoms. The molecule has 0 unspecified atom stereocenters. The number of anilines is 1. The molecule has 0 aliphatic heterocycles. The van der Waals surface area contributed by atoms with Gasteiger partial charge in [-0.1, -0.05) is 11.3 Å². The van der Waals surface area contributed by atoms with Gasteiger partial charge in [0.25, 0.3) is 0 Å². The van der Waals surface area contributed by atoms with Gasteiger partial charge in [-0.3, -0.25) is 9.59 Å². The van der Waals surface area contributed by atoms with Crippen LogP contribution in [0.3, 0.4) is 0 Å². The number of carbonyl (C=O) groups is 1. The highest BCUT2D eigenvalue weighted by atomic mass is 32.1. The molecule has 0 aliphatic rings. The highest BCUT2D eigenvalue weighted by Crippen LogP contribution is 2.17. The number of nitrogens with one attached hydrogen (secondary N) is 2. The number of nitrogens with zero attached hydrogens (tertiary/aromatic N) is 1. The minimum absolute atomic E-state index is 0.0758.